The highest BCUT2D eigenvalue weighted by atomic mass is 32.1. The van der Waals surface area contributed by atoms with E-state index in [4.69, 9.17) is 0 Å². The van der Waals surface area contributed by atoms with Crippen LogP contribution in [-0.4, -0.2) is 15.8 Å². The van der Waals surface area contributed by atoms with Crippen molar-refractivity contribution in [1.29, 1.82) is 0 Å². The van der Waals surface area contributed by atoms with Crippen molar-refractivity contribution in [2.45, 2.75) is 0 Å². The molecule has 8 heteroatoms. The Bertz CT molecular complexity index is 1100. The smallest absolute Gasteiger partial charge is 0.297 e. The van der Waals surface area contributed by atoms with E-state index in [9.17, 15) is 14.9 Å². The molecule has 0 aliphatic rings. The molecule has 0 atom stereocenters. The second kappa shape index (κ2) is 5.66. The lowest BCUT2D eigenvalue weighted by atomic mass is 10.1. The summed E-state index contributed by atoms with van der Waals surface area (Å²) in [5.74, 6) is -0.392. The Morgan fingerprint density at radius 3 is 2.71 bits per heavy atom. The third-order valence-corrected chi connectivity index (χ3v) is 5.55. The lowest BCUT2D eigenvalue weighted by molar-refractivity contribution is -0.380. The predicted octanol–water partition coefficient (Wildman–Crippen LogP) is 4.67. The summed E-state index contributed by atoms with van der Waals surface area (Å²) < 4.78 is 1.00. The monoisotopic (exact) mass is 355 g/mol. The van der Waals surface area contributed by atoms with Crippen LogP contribution in [0.3, 0.4) is 0 Å². The van der Waals surface area contributed by atoms with Gasteiger partial charge in [0.2, 0.25) is 0 Å². The van der Waals surface area contributed by atoms with E-state index in [0.29, 0.717) is 5.13 Å². The molecule has 0 spiro atoms. The van der Waals surface area contributed by atoms with Gasteiger partial charge in [-0.05, 0) is 17.5 Å². The predicted molar refractivity (Wildman–Crippen MR) is 96.1 cm³/mol. The van der Waals surface area contributed by atoms with Gasteiger partial charge in [0.1, 0.15) is 0 Å². The molecule has 0 saturated heterocycles. The molecule has 1 amide bonds. The van der Waals surface area contributed by atoms with Crippen molar-refractivity contribution in [1.82, 2.24) is 4.98 Å². The Kier molecular flexibility index (Phi) is 3.47. The standard InChI is InChI=1S/C16H9N3O3S2/c20-15(12-7-8-13(23-12)19(21)22)18-16-17-11-6-5-9-3-1-2-4-10(9)14(11)24-16/h1-8H,(H,17,18,20). The van der Waals surface area contributed by atoms with Crippen molar-refractivity contribution in [3.8, 4) is 0 Å². The Labute approximate surface area is 143 Å². The maximum absolute atomic E-state index is 12.2. The van der Waals surface area contributed by atoms with Crippen molar-refractivity contribution in [2.24, 2.45) is 0 Å². The van der Waals surface area contributed by atoms with Crippen molar-refractivity contribution in [2.75, 3.05) is 5.32 Å². The van der Waals surface area contributed by atoms with Gasteiger partial charge in [-0.15, -0.1) is 0 Å². The second-order valence-electron chi connectivity index (χ2n) is 5.00. The minimum atomic E-state index is -0.509. The topological polar surface area (TPSA) is 85.1 Å². The summed E-state index contributed by atoms with van der Waals surface area (Å²) in [6, 6.07) is 14.7. The van der Waals surface area contributed by atoms with Crippen LogP contribution >= 0.6 is 22.7 Å². The van der Waals surface area contributed by atoms with E-state index in [1.165, 1.54) is 23.5 Å². The number of nitrogens with one attached hydrogen (secondary N) is 1. The number of carbonyl (C=O) groups is 1. The molecule has 2 aromatic heterocycles. The van der Waals surface area contributed by atoms with Gasteiger partial charge >= 0.3 is 5.00 Å². The summed E-state index contributed by atoms with van der Waals surface area (Å²) in [6.45, 7) is 0. The Morgan fingerprint density at radius 1 is 1.08 bits per heavy atom. The van der Waals surface area contributed by atoms with Gasteiger partial charge in [-0.1, -0.05) is 53.0 Å². The molecule has 0 saturated carbocycles. The number of fused-ring (bicyclic) bond motifs is 3. The van der Waals surface area contributed by atoms with E-state index >= 15 is 0 Å². The number of nitrogens with zero attached hydrogens (tertiary/aromatic N) is 2. The van der Waals surface area contributed by atoms with E-state index in [-0.39, 0.29) is 9.88 Å². The molecule has 0 aliphatic heterocycles. The molecule has 0 aliphatic carbocycles. The zero-order valence-electron chi connectivity index (χ0n) is 12.1. The van der Waals surface area contributed by atoms with Crippen molar-refractivity contribution >= 4 is 59.7 Å². The van der Waals surface area contributed by atoms with Gasteiger partial charge in [-0.25, -0.2) is 4.98 Å². The molecule has 6 nitrogen and oxygen atoms in total. The van der Waals surface area contributed by atoms with Gasteiger partial charge in [-0.2, -0.15) is 0 Å². The number of rotatable bonds is 3. The fourth-order valence-electron chi connectivity index (χ4n) is 2.42. The molecular formula is C16H9N3O3S2. The Hall–Kier alpha value is -2.84. The number of aromatic nitrogens is 1. The fourth-order valence-corrected chi connectivity index (χ4v) is 4.13. The first-order chi connectivity index (χ1) is 11.6. The third kappa shape index (κ3) is 2.51. The fraction of sp³-hybridized carbons (Fsp3) is 0. The summed E-state index contributed by atoms with van der Waals surface area (Å²) in [5, 5.41) is 16.0. The number of benzene rings is 2. The lowest BCUT2D eigenvalue weighted by Gasteiger charge is -1.97. The highest BCUT2D eigenvalue weighted by Crippen LogP contribution is 2.33. The van der Waals surface area contributed by atoms with Gasteiger partial charge in [-0.3, -0.25) is 20.2 Å². The van der Waals surface area contributed by atoms with Crippen molar-refractivity contribution in [3.05, 3.63) is 63.5 Å². The van der Waals surface area contributed by atoms with Crippen LogP contribution in [0, 0.1) is 10.1 Å². The van der Waals surface area contributed by atoms with Crippen molar-refractivity contribution < 1.29 is 9.72 Å². The number of amides is 1. The molecule has 0 fully saturated rings. The zero-order chi connectivity index (χ0) is 16.7. The molecule has 0 unspecified atom stereocenters. The van der Waals surface area contributed by atoms with E-state index in [1.54, 1.807) is 0 Å². The number of nitro groups is 1. The zero-order valence-corrected chi connectivity index (χ0v) is 13.7. The van der Waals surface area contributed by atoms with Crippen LogP contribution < -0.4 is 5.32 Å². The molecule has 4 aromatic rings. The molecule has 2 heterocycles. The molecule has 1 N–H and O–H groups in total. The molecule has 0 bridgehead atoms. The van der Waals surface area contributed by atoms with Gasteiger partial charge in [0.15, 0.2) is 5.13 Å². The largest absolute Gasteiger partial charge is 0.324 e. The molecule has 0 radical (unpaired) electrons. The van der Waals surface area contributed by atoms with Gasteiger partial charge in [0, 0.05) is 11.5 Å². The summed E-state index contributed by atoms with van der Waals surface area (Å²) in [4.78, 5) is 27.1. The highest BCUT2D eigenvalue weighted by Gasteiger charge is 2.17. The Balaban J connectivity index is 1.67. The van der Waals surface area contributed by atoms with Crippen LogP contribution in [0.2, 0.25) is 0 Å². The maximum atomic E-state index is 12.2. The highest BCUT2D eigenvalue weighted by molar-refractivity contribution is 7.23. The Morgan fingerprint density at radius 2 is 1.92 bits per heavy atom. The van der Waals surface area contributed by atoms with Crippen LogP contribution in [0.5, 0.6) is 0 Å². The van der Waals surface area contributed by atoms with Gasteiger partial charge < -0.3 is 0 Å². The SMILES string of the molecule is O=C(Nc1nc2ccc3ccccc3c2s1)c1ccc([N+](=O)[O-])s1. The summed E-state index contributed by atoms with van der Waals surface area (Å²) >= 11 is 2.23. The molecule has 24 heavy (non-hydrogen) atoms. The first kappa shape index (κ1) is 14.7. The third-order valence-electron chi connectivity index (χ3n) is 3.50. The average molecular weight is 355 g/mol. The molecule has 4 rings (SSSR count). The summed E-state index contributed by atoms with van der Waals surface area (Å²) in [7, 11) is 0. The minimum absolute atomic E-state index is 0.0598. The summed E-state index contributed by atoms with van der Waals surface area (Å²) in [5.41, 5.74) is 0.811. The number of thiazole rings is 1. The van der Waals surface area contributed by atoms with E-state index in [1.807, 2.05) is 36.4 Å². The number of thiophene rings is 1. The van der Waals surface area contributed by atoms with Crippen molar-refractivity contribution in [3.63, 3.8) is 0 Å². The maximum Gasteiger partial charge on any atom is 0.324 e. The van der Waals surface area contributed by atoms with Crippen LogP contribution in [0.4, 0.5) is 10.1 Å². The number of carbonyl (C=O) groups excluding carboxylic acids is 1. The molecular weight excluding hydrogens is 346 g/mol. The molecule has 2 aromatic carbocycles. The van der Waals surface area contributed by atoms with Crippen LogP contribution in [0.1, 0.15) is 9.67 Å². The van der Waals surface area contributed by atoms with Gasteiger partial charge in [0.05, 0.1) is 20.0 Å². The normalized spacial score (nSPS) is 11.0. The number of hydrogen-bond donors (Lipinski definition) is 1. The van der Waals surface area contributed by atoms with E-state index < -0.39 is 10.8 Å². The van der Waals surface area contributed by atoms with Crippen LogP contribution in [0.25, 0.3) is 21.0 Å². The lowest BCUT2D eigenvalue weighted by Crippen LogP contribution is -2.09. The number of anilines is 1. The minimum Gasteiger partial charge on any atom is -0.297 e. The van der Waals surface area contributed by atoms with Gasteiger partial charge in [0.25, 0.3) is 5.91 Å². The second-order valence-corrected chi connectivity index (χ2v) is 7.06. The van der Waals surface area contributed by atoms with E-state index in [2.05, 4.69) is 10.3 Å². The average Bonchev–Trinajstić information content (AvgIpc) is 3.21. The van der Waals surface area contributed by atoms with Crippen LogP contribution in [0.15, 0.2) is 48.5 Å². The first-order valence-electron chi connectivity index (χ1n) is 6.96. The molecule has 118 valence electrons. The van der Waals surface area contributed by atoms with Crippen LogP contribution in [-0.2, 0) is 0 Å². The summed E-state index contributed by atoms with van der Waals surface area (Å²) in [6.07, 6.45) is 0. The van der Waals surface area contributed by atoms with E-state index in [0.717, 1.165) is 32.3 Å². The number of hydrogen-bond acceptors (Lipinski definition) is 6. The first-order valence-corrected chi connectivity index (χ1v) is 8.59. The quantitative estimate of drug-likeness (QED) is 0.427.